The van der Waals surface area contributed by atoms with E-state index in [2.05, 4.69) is 126 Å². The smallest absolute Gasteiger partial charge is 0.235 e. The first kappa shape index (κ1) is 23.4. The maximum Gasteiger partial charge on any atom is 0.235 e. The summed E-state index contributed by atoms with van der Waals surface area (Å²) in [6, 6.07) is 51.2. The van der Waals surface area contributed by atoms with Gasteiger partial charge >= 0.3 is 0 Å². The number of hydrogen-bond acceptors (Lipinski definition) is 2. The summed E-state index contributed by atoms with van der Waals surface area (Å²) in [7, 11) is 0. The summed E-state index contributed by atoms with van der Waals surface area (Å²) in [5.41, 5.74) is 8.86. The van der Waals surface area contributed by atoms with Gasteiger partial charge in [-0.05, 0) is 51.2 Å². The molecule has 2 aromatic heterocycles. The molecule has 8 aromatic rings. The Labute approximate surface area is 238 Å². The number of benzene rings is 6. The zero-order chi connectivity index (χ0) is 27.2. The molecule has 0 fully saturated rings. The first-order chi connectivity index (χ1) is 20.3. The Balaban J connectivity index is 1.51. The molecule has 8 rings (SSSR count). The van der Waals surface area contributed by atoms with Gasteiger partial charge in [0.2, 0.25) is 5.95 Å². The second-order valence-corrected chi connectivity index (χ2v) is 10.3. The van der Waals surface area contributed by atoms with E-state index in [1.54, 1.807) is 0 Å². The second kappa shape index (κ2) is 9.58. The standard InChI is InChI=1S/C38H25N3/c1-4-12-26(13-5-1)29-20-21-32-35(24-29)41(38-39-23-22-34(40-38)28-16-8-3-9-17-28)36-25-33(27-14-6-2-7-15-27)30-18-10-11-19-31(30)37(32)36/h1-25H. The van der Waals surface area contributed by atoms with Gasteiger partial charge in [-0.15, -0.1) is 0 Å². The first-order valence-corrected chi connectivity index (χ1v) is 13.8. The molecule has 0 amide bonds. The molecule has 0 atom stereocenters. The van der Waals surface area contributed by atoms with Crippen LogP contribution in [0, 0.1) is 0 Å². The molecule has 0 N–H and O–H groups in total. The van der Waals surface area contributed by atoms with Crippen LogP contribution < -0.4 is 0 Å². The molecule has 0 aliphatic heterocycles. The summed E-state index contributed by atoms with van der Waals surface area (Å²) in [6.45, 7) is 0. The van der Waals surface area contributed by atoms with E-state index < -0.39 is 0 Å². The van der Waals surface area contributed by atoms with Crippen LogP contribution in [0.2, 0.25) is 0 Å². The predicted octanol–water partition coefficient (Wildman–Crippen LogP) is 9.73. The first-order valence-electron chi connectivity index (χ1n) is 13.8. The van der Waals surface area contributed by atoms with Gasteiger partial charge in [0.15, 0.2) is 0 Å². The summed E-state index contributed by atoms with van der Waals surface area (Å²) in [5, 5.41) is 4.85. The minimum Gasteiger partial charge on any atom is -0.278 e. The van der Waals surface area contributed by atoms with Gasteiger partial charge in [-0.1, -0.05) is 127 Å². The highest BCUT2D eigenvalue weighted by Gasteiger charge is 2.20. The maximum absolute atomic E-state index is 5.12. The van der Waals surface area contributed by atoms with Crippen molar-refractivity contribution in [2.45, 2.75) is 0 Å². The van der Waals surface area contributed by atoms with E-state index >= 15 is 0 Å². The molecule has 192 valence electrons. The van der Waals surface area contributed by atoms with Gasteiger partial charge in [0.05, 0.1) is 16.7 Å². The van der Waals surface area contributed by atoms with Crippen molar-refractivity contribution < 1.29 is 0 Å². The van der Waals surface area contributed by atoms with Crippen molar-refractivity contribution in [3.8, 4) is 39.5 Å². The third-order valence-electron chi connectivity index (χ3n) is 7.88. The van der Waals surface area contributed by atoms with Gasteiger partial charge in [0, 0.05) is 22.5 Å². The van der Waals surface area contributed by atoms with Gasteiger partial charge in [-0.3, -0.25) is 4.57 Å². The monoisotopic (exact) mass is 523 g/mol. The van der Waals surface area contributed by atoms with Crippen LogP contribution in [-0.4, -0.2) is 14.5 Å². The largest absolute Gasteiger partial charge is 0.278 e. The number of rotatable bonds is 4. The predicted molar refractivity (Wildman–Crippen MR) is 170 cm³/mol. The highest BCUT2D eigenvalue weighted by Crippen LogP contribution is 2.42. The molecule has 0 bridgehead atoms. The SMILES string of the molecule is c1ccc(-c2ccc3c4c5ccccc5c(-c5ccccc5)cc4n(-c4nccc(-c5ccccc5)n4)c3c2)cc1. The van der Waals surface area contributed by atoms with E-state index in [0.717, 1.165) is 27.9 Å². The number of fused-ring (bicyclic) bond motifs is 5. The van der Waals surface area contributed by atoms with Crippen molar-refractivity contribution in [3.63, 3.8) is 0 Å². The zero-order valence-electron chi connectivity index (χ0n) is 22.3. The van der Waals surface area contributed by atoms with Crippen molar-refractivity contribution in [1.29, 1.82) is 0 Å². The quantitative estimate of drug-likeness (QED) is 0.230. The van der Waals surface area contributed by atoms with Crippen LogP contribution in [0.3, 0.4) is 0 Å². The molecule has 0 spiro atoms. The van der Waals surface area contributed by atoms with Crippen LogP contribution in [0.25, 0.3) is 72.0 Å². The average Bonchev–Trinajstić information content (AvgIpc) is 3.39. The van der Waals surface area contributed by atoms with Gasteiger partial charge in [-0.2, -0.15) is 0 Å². The van der Waals surface area contributed by atoms with Crippen molar-refractivity contribution in [3.05, 3.63) is 152 Å². The fourth-order valence-corrected chi connectivity index (χ4v) is 5.99. The summed E-state index contributed by atoms with van der Waals surface area (Å²) < 4.78 is 2.24. The Morgan fingerprint density at radius 1 is 0.439 bits per heavy atom. The molecule has 0 saturated carbocycles. The van der Waals surface area contributed by atoms with Gasteiger partial charge in [0.1, 0.15) is 0 Å². The highest BCUT2D eigenvalue weighted by atomic mass is 15.2. The van der Waals surface area contributed by atoms with Crippen molar-refractivity contribution in [2.75, 3.05) is 0 Å². The summed E-state index contributed by atoms with van der Waals surface area (Å²) in [4.78, 5) is 9.97. The van der Waals surface area contributed by atoms with Crippen molar-refractivity contribution in [2.24, 2.45) is 0 Å². The molecule has 0 saturated heterocycles. The fraction of sp³-hybridized carbons (Fsp3) is 0. The number of aromatic nitrogens is 3. The minimum absolute atomic E-state index is 0.658. The third-order valence-corrected chi connectivity index (χ3v) is 7.88. The Hall–Kier alpha value is -5.54. The lowest BCUT2D eigenvalue weighted by Gasteiger charge is -2.12. The minimum atomic E-state index is 0.658. The summed E-state index contributed by atoms with van der Waals surface area (Å²) in [5.74, 6) is 0.658. The molecule has 3 nitrogen and oxygen atoms in total. The lowest BCUT2D eigenvalue weighted by atomic mass is 9.94. The van der Waals surface area contributed by atoms with E-state index in [1.165, 1.54) is 38.2 Å². The Morgan fingerprint density at radius 2 is 1.07 bits per heavy atom. The van der Waals surface area contributed by atoms with Crippen LogP contribution in [0.5, 0.6) is 0 Å². The molecule has 6 aromatic carbocycles. The molecule has 0 unspecified atom stereocenters. The summed E-state index contributed by atoms with van der Waals surface area (Å²) >= 11 is 0. The van der Waals surface area contributed by atoms with E-state index in [0.29, 0.717) is 5.95 Å². The molecular weight excluding hydrogens is 498 g/mol. The number of nitrogens with zero attached hydrogens (tertiary/aromatic N) is 3. The number of hydrogen-bond donors (Lipinski definition) is 0. The van der Waals surface area contributed by atoms with E-state index in [-0.39, 0.29) is 0 Å². The van der Waals surface area contributed by atoms with E-state index in [9.17, 15) is 0 Å². The second-order valence-electron chi connectivity index (χ2n) is 10.3. The normalized spacial score (nSPS) is 11.4. The highest BCUT2D eigenvalue weighted by molar-refractivity contribution is 6.24. The van der Waals surface area contributed by atoms with Crippen LogP contribution in [0.15, 0.2) is 152 Å². The molecular formula is C38H25N3. The maximum atomic E-state index is 5.12. The van der Waals surface area contributed by atoms with E-state index in [4.69, 9.17) is 9.97 Å². The topological polar surface area (TPSA) is 30.7 Å². The summed E-state index contributed by atoms with van der Waals surface area (Å²) in [6.07, 6.45) is 1.86. The Bertz CT molecular complexity index is 2180. The lowest BCUT2D eigenvalue weighted by Crippen LogP contribution is -2.02. The molecule has 0 aliphatic carbocycles. The van der Waals surface area contributed by atoms with Gasteiger partial charge < -0.3 is 0 Å². The van der Waals surface area contributed by atoms with Crippen LogP contribution >= 0.6 is 0 Å². The van der Waals surface area contributed by atoms with Crippen molar-refractivity contribution >= 4 is 32.6 Å². The fourth-order valence-electron chi connectivity index (χ4n) is 5.99. The van der Waals surface area contributed by atoms with Crippen LogP contribution in [0.1, 0.15) is 0 Å². The molecule has 0 aliphatic rings. The lowest BCUT2D eigenvalue weighted by molar-refractivity contribution is 0.992. The third kappa shape index (κ3) is 3.90. The Morgan fingerprint density at radius 3 is 1.80 bits per heavy atom. The van der Waals surface area contributed by atoms with E-state index in [1.807, 2.05) is 30.5 Å². The Kier molecular flexibility index (Phi) is 5.46. The van der Waals surface area contributed by atoms with Crippen LogP contribution in [-0.2, 0) is 0 Å². The average molecular weight is 524 g/mol. The molecule has 2 heterocycles. The van der Waals surface area contributed by atoms with Crippen LogP contribution in [0.4, 0.5) is 0 Å². The molecule has 0 radical (unpaired) electrons. The molecule has 3 heteroatoms. The van der Waals surface area contributed by atoms with Gasteiger partial charge in [-0.25, -0.2) is 9.97 Å². The molecule has 41 heavy (non-hydrogen) atoms. The van der Waals surface area contributed by atoms with Gasteiger partial charge in [0.25, 0.3) is 0 Å². The van der Waals surface area contributed by atoms with Crippen molar-refractivity contribution in [1.82, 2.24) is 14.5 Å². The zero-order valence-corrected chi connectivity index (χ0v) is 22.3.